The van der Waals surface area contributed by atoms with E-state index in [4.69, 9.17) is 5.73 Å². The number of nitrogens with zero attached hydrogens (tertiary/aromatic N) is 1. The molecular formula is C17H16N2S. The van der Waals surface area contributed by atoms with Crippen LogP contribution in [-0.2, 0) is 6.42 Å². The molecule has 0 aliphatic rings. The highest BCUT2D eigenvalue weighted by Gasteiger charge is 2.09. The van der Waals surface area contributed by atoms with Gasteiger partial charge in [-0.25, -0.2) is 4.98 Å². The molecule has 0 saturated heterocycles. The second kappa shape index (κ2) is 5.99. The van der Waals surface area contributed by atoms with Gasteiger partial charge in [-0.1, -0.05) is 54.6 Å². The molecule has 1 heterocycles. The van der Waals surface area contributed by atoms with Crippen LogP contribution < -0.4 is 5.73 Å². The number of aromatic nitrogens is 1. The van der Waals surface area contributed by atoms with E-state index in [9.17, 15) is 0 Å². The van der Waals surface area contributed by atoms with Gasteiger partial charge in [0, 0.05) is 24.0 Å². The average Bonchev–Trinajstić information content (AvgIpc) is 3.01. The van der Waals surface area contributed by atoms with Crippen molar-refractivity contribution in [3.8, 4) is 11.1 Å². The van der Waals surface area contributed by atoms with Crippen molar-refractivity contribution in [3.05, 3.63) is 76.7 Å². The van der Waals surface area contributed by atoms with Gasteiger partial charge in [0.2, 0.25) is 0 Å². The Balaban J connectivity index is 1.76. The van der Waals surface area contributed by atoms with E-state index < -0.39 is 0 Å². The lowest BCUT2D eigenvalue weighted by Gasteiger charge is -2.11. The molecule has 0 bridgehead atoms. The molecule has 2 aromatic carbocycles. The Morgan fingerprint density at radius 2 is 1.65 bits per heavy atom. The zero-order valence-corrected chi connectivity index (χ0v) is 11.9. The molecule has 3 heteroatoms. The molecule has 0 aliphatic carbocycles. The number of thiazole rings is 1. The minimum Gasteiger partial charge on any atom is -0.324 e. The summed E-state index contributed by atoms with van der Waals surface area (Å²) in [7, 11) is 0. The van der Waals surface area contributed by atoms with Gasteiger partial charge in [0.15, 0.2) is 0 Å². The number of hydrogen-bond acceptors (Lipinski definition) is 3. The van der Waals surface area contributed by atoms with Gasteiger partial charge in [-0.05, 0) is 16.7 Å². The molecule has 0 amide bonds. The lowest BCUT2D eigenvalue weighted by atomic mass is 10.00. The van der Waals surface area contributed by atoms with Crippen LogP contribution in [0.3, 0.4) is 0 Å². The standard InChI is InChI=1S/C17H16N2S/c18-16(12-17-19-10-11-20-17)15-8-6-14(7-9-15)13-4-2-1-3-5-13/h1-11,16H,12,18H2. The average molecular weight is 280 g/mol. The first-order valence-electron chi connectivity index (χ1n) is 6.62. The van der Waals surface area contributed by atoms with E-state index in [1.165, 1.54) is 11.1 Å². The van der Waals surface area contributed by atoms with Crippen LogP contribution in [0.25, 0.3) is 11.1 Å². The molecule has 100 valence electrons. The molecule has 20 heavy (non-hydrogen) atoms. The Bertz CT molecular complexity index is 645. The second-order valence-electron chi connectivity index (χ2n) is 4.72. The summed E-state index contributed by atoms with van der Waals surface area (Å²) in [6.07, 6.45) is 2.62. The van der Waals surface area contributed by atoms with E-state index in [2.05, 4.69) is 53.5 Å². The molecule has 0 aliphatic heterocycles. The molecule has 2 N–H and O–H groups in total. The topological polar surface area (TPSA) is 38.9 Å². The van der Waals surface area contributed by atoms with Crippen molar-refractivity contribution in [3.63, 3.8) is 0 Å². The third kappa shape index (κ3) is 2.95. The monoisotopic (exact) mass is 280 g/mol. The van der Waals surface area contributed by atoms with Gasteiger partial charge < -0.3 is 5.73 Å². The minimum atomic E-state index is 0.00553. The maximum absolute atomic E-state index is 6.24. The van der Waals surface area contributed by atoms with E-state index in [0.29, 0.717) is 0 Å². The van der Waals surface area contributed by atoms with Crippen LogP contribution in [-0.4, -0.2) is 4.98 Å². The maximum atomic E-state index is 6.24. The summed E-state index contributed by atoms with van der Waals surface area (Å²) >= 11 is 1.65. The van der Waals surface area contributed by atoms with E-state index >= 15 is 0 Å². The van der Waals surface area contributed by atoms with Crippen LogP contribution in [0.4, 0.5) is 0 Å². The van der Waals surface area contributed by atoms with Crippen molar-refractivity contribution in [2.45, 2.75) is 12.5 Å². The van der Waals surface area contributed by atoms with Crippen molar-refractivity contribution >= 4 is 11.3 Å². The highest BCUT2D eigenvalue weighted by Crippen LogP contribution is 2.23. The van der Waals surface area contributed by atoms with Crippen LogP contribution in [0, 0.1) is 0 Å². The Labute approximate surface area is 122 Å². The highest BCUT2D eigenvalue weighted by atomic mass is 32.1. The summed E-state index contributed by atoms with van der Waals surface area (Å²) in [6, 6.07) is 18.9. The fourth-order valence-electron chi connectivity index (χ4n) is 2.21. The predicted molar refractivity (Wildman–Crippen MR) is 84.6 cm³/mol. The molecule has 0 fully saturated rings. The minimum absolute atomic E-state index is 0.00553. The van der Waals surface area contributed by atoms with Crippen molar-refractivity contribution in [2.24, 2.45) is 5.73 Å². The van der Waals surface area contributed by atoms with Crippen molar-refractivity contribution in [1.82, 2.24) is 4.98 Å². The maximum Gasteiger partial charge on any atom is 0.0943 e. The van der Waals surface area contributed by atoms with Gasteiger partial charge in [-0.3, -0.25) is 0 Å². The van der Waals surface area contributed by atoms with Gasteiger partial charge in [0.25, 0.3) is 0 Å². The normalized spacial score (nSPS) is 12.2. The van der Waals surface area contributed by atoms with Crippen LogP contribution >= 0.6 is 11.3 Å². The molecule has 0 radical (unpaired) electrons. The summed E-state index contributed by atoms with van der Waals surface area (Å²) in [4.78, 5) is 4.29. The lowest BCUT2D eigenvalue weighted by Crippen LogP contribution is -2.13. The molecular weight excluding hydrogens is 264 g/mol. The predicted octanol–water partition coefficient (Wildman–Crippen LogP) is 4.05. The summed E-state index contributed by atoms with van der Waals surface area (Å²) in [5, 5.41) is 3.07. The van der Waals surface area contributed by atoms with Crippen molar-refractivity contribution in [2.75, 3.05) is 0 Å². The molecule has 0 spiro atoms. The smallest absolute Gasteiger partial charge is 0.0943 e. The SMILES string of the molecule is NC(Cc1nccs1)c1ccc(-c2ccccc2)cc1. The quantitative estimate of drug-likeness (QED) is 0.783. The number of nitrogens with two attached hydrogens (primary N) is 1. The molecule has 1 atom stereocenters. The van der Waals surface area contributed by atoms with Crippen LogP contribution in [0.15, 0.2) is 66.2 Å². The molecule has 1 unspecified atom stereocenters. The Morgan fingerprint density at radius 1 is 0.950 bits per heavy atom. The van der Waals surface area contributed by atoms with Crippen LogP contribution in [0.1, 0.15) is 16.6 Å². The van der Waals surface area contributed by atoms with Gasteiger partial charge in [0.05, 0.1) is 5.01 Å². The second-order valence-corrected chi connectivity index (χ2v) is 5.70. The molecule has 0 saturated carbocycles. The van der Waals surface area contributed by atoms with E-state index in [1.807, 2.05) is 17.6 Å². The first-order valence-corrected chi connectivity index (χ1v) is 7.50. The van der Waals surface area contributed by atoms with Crippen molar-refractivity contribution in [1.29, 1.82) is 0 Å². The van der Waals surface area contributed by atoms with Gasteiger partial charge in [-0.2, -0.15) is 0 Å². The van der Waals surface area contributed by atoms with E-state index in [1.54, 1.807) is 11.3 Å². The van der Waals surface area contributed by atoms with Crippen molar-refractivity contribution < 1.29 is 0 Å². The molecule has 3 rings (SSSR count). The van der Waals surface area contributed by atoms with Crippen LogP contribution in [0.2, 0.25) is 0 Å². The Morgan fingerprint density at radius 3 is 2.30 bits per heavy atom. The van der Waals surface area contributed by atoms with Crippen LogP contribution in [0.5, 0.6) is 0 Å². The highest BCUT2D eigenvalue weighted by molar-refractivity contribution is 7.09. The number of hydrogen-bond donors (Lipinski definition) is 1. The summed E-state index contributed by atoms with van der Waals surface area (Å²) in [5.41, 5.74) is 9.84. The fourth-order valence-corrected chi connectivity index (χ4v) is 2.89. The van der Waals surface area contributed by atoms with Gasteiger partial charge in [0.1, 0.15) is 0 Å². The van der Waals surface area contributed by atoms with Gasteiger partial charge in [-0.15, -0.1) is 11.3 Å². The Hall–Kier alpha value is -1.97. The Kier molecular flexibility index (Phi) is 3.90. The first-order chi connectivity index (χ1) is 9.83. The number of rotatable bonds is 4. The van der Waals surface area contributed by atoms with E-state index in [0.717, 1.165) is 17.0 Å². The summed E-state index contributed by atoms with van der Waals surface area (Å²) in [6.45, 7) is 0. The number of benzene rings is 2. The third-order valence-electron chi connectivity index (χ3n) is 3.32. The molecule has 3 aromatic rings. The zero-order chi connectivity index (χ0) is 13.8. The van der Waals surface area contributed by atoms with E-state index in [-0.39, 0.29) is 6.04 Å². The zero-order valence-electron chi connectivity index (χ0n) is 11.1. The first kappa shape index (κ1) is 13.0. The van der Waals surface area contributed by atoms with Gasteiger partial charge >= 0.3 is 0 Å². The summed E-state index contributed by atoms with van der Waals surface area (Å²) < 4.78 is 0. The molecule has 1 aromatic heterocycles. The summed E-state index contributed by atoms with van der Waals surface area (Å²) in [5.74, 6) is 0. The fraction of sp³-hybridized carbons (Fsp3) is 0.118. The molecule has 2 nitrogen and oxygen atoms in total. The third-order valence-corrected chi connectivity index (χ3v) is 4.13. The lowest BCUT2D eigenvalue weighted by molar-refractivity contribution is 0.718. The largest absolute Gasteiger partial charge is 0.324 e.